The molecule has 4 heteroatoms. The molecule has 2 aliphatic rings. The molecule has 0 amide bonds. The Morgan fingerprint density at radius 2 is 2.00 bits per heavy atom. The number of fused-ring (bicyclic) bond motifs is 2. The third-order valence-corrected chi connectivity index (χ3v) is 4.76. The molecule has 0 unspecified atom stereocenters. The van der Waals surface area contributed by atoms with Crippen molar-refractivity contribution in [2.45, 2.75) is 33.6 Å². The molecule has 0 aromatic rings. The van der Waals surface area contributed by atoms with Gasteiger partial charge in [-0.15, -0.1) is 0 Å². The normalized spacial score (nSPS) is 38.9. The van der Waals surface area contributed by atoms with Gasteiger partial charge in [-0.25, -0.2) is 4.79 Å². The fourth-order valence-electron chi connectivity index (χ4n) is 3.24. The van der Waals surface area contributed by atoms with Gasteiger partial charge < -0.3 is 10.2 Å². The van der Waals surface area contributed by atoms with Crippen LogP contribution in [0.3, 0.4) is 0 Å². The summed E-state index contributed by atoms with van der Waals surface area (Å²) in [4.78, 5) is 22.8. The van der Waals surface area contributed by atoms with Crippen molar-refractivity contribution in [2.24, 2.45) is 16.7 Å². The highest BCUT2D eigenvalue weighted by atomic mass is 16.4. The zero-order valence-corrected chi connectivity index (χ0v) is 9.66. The predicted octanol–water partition coefficient (Wildman–Crippen LogP) is 0.711. The molecule has 0 spiro atoms. The summed E-state index contributed by atoms with van der Waals surface area (Å²) in [5, 5.41) is 20.2. The standard InChI is InChI=1S/C12H16O4/c1-11(2)6-4-5-12(11,3)9(14)7(6)8(13)10(15)16/h6,13H,4-5H2,1-3H3,(H,15,16)/p-1/b8-7-/t6-,12-/m1/s1. The van der Waals surface area contributed by atoms with E-state index >= 15 is 0 Å². The van der Waals surface area contributed by atoms with Gasteiger partial charge in [0.1, 0.15) is 0 Å². The van der Waals surface area contributed by atoms with E-state index in [9.17, 15) is 14.7 Å². The molecule has 2 atom stereocenters. The van der Waals surface area contributed by atoms with Crippen molar-refractivity contribution in [3.8, 4) is 0 Å². The first-order valence-electron chi connectivity index (χ1n) is 5.43. The van der Waals surface area contributed by atoms with E-state index in [-0.39, 0.29) is 22.7 Å². The van der Waals surface area contributed by atoms with E-state index in [0.717, 1.165) is 12.8 Å². The van der Waals surface area contributed by atoms with E-state index in [4.69, 9.17) is 5.11 Å². The van der Waals surface area contributed by atoms with Gasteiger partial charge in [0.05, 0.1) is 0 Å². The summed E-state index contributed by atoms with van der Waals surface area (Å²) in [5.41, 5.74) is -0.839. The molecular formula is C12H15O4-. The minimum Gasteiger partial charge on any atom is -0.867 e. The Bertz CT molecular complexity index is 419. The van der Waals surface area contributed by atoms with Gasteiger partial charge in [0.15, 0.2) is 5.78 Å². The summed E-state index contributed by atoms with van der Waals surface area (Å²) in [7, 11) is 0. The number of rotatable bonds is 1. The number of carbonyl (C=O) groups is 2. The maximum Gasteiger partial charge on any atom is 0.320 e. The quantitative estimate of drug-likeness (QED) is 0.524. The molecule has 2 fully saturated rings. The molecule has 0 radical (unpaired) electrons. The van der Waals surface area contributed by atoms with Crippen LogP contribution in [-0.4, -0.2) is 16.9 Å². The van der Waals surface area contributed by atoms with Crippen LogP contribution in [-0.2, 0) is 9.59 Å². The summed E-state index contributed by atoms with van der Waals surface area (Å²) >= 11 is 0. The van der Waals surface area contributed by atoms with Crippen molar-refractivity contribution in [1.29, 1.82) is 0 Å². The van der Waals surface area contributed by atoms with E-state index < -0.39 is 17.1 Å². The van der Waals surface area contributed by atoms with Gasteiger partial charge in [0.25, 0.3) is 0 Å². The van der Waals surface area contributed by atoms with Crippen LogP contribution >= 0.6 is 0 Å². The van der Waals surface area contributed by atoms with Gasteiger partial charge in [-0.05, 0) is 35.5 Å². The Morgan fingerprint density at radius 1 is 1.44 bits per heavy atom. The smallest absolute Gasteiger partial charge is 0.320 e. The molecule has 0 saturated heterocycles. The van der Waals surface area contributed by atoms with Crippen molar-refractivity contribution in [2.75, 3.05) is 0 Å². The van der Waals surface area contributed by atoms with E-state index in [1.807, 2.05) is 20.8 Å². The van der Waals surface area contributed by atoms with Crippen LogP contribution < -0.4 is 5.11 Å². The Labute approximate surface area is 94.0 Å². The Kier molecular flexibility index (Phi) is 2.00. The second kappa shape index (κ2) is 2.87. The first-order chi connectivity index (χ1) is 7.23. The number of carboxylic acid groups (broad SMARTS) is 1. The van der Waals surface area contributed by atoms with Crippen molar-refractivity contribution in [3.63, 3.8) is 0 Å². The van der Waals surface area contributed by atoms with Gasteiger partial charge in [0, 0.05) is 5.41 Å². The maximum atomic E-state index is 12.1. The topological polar surface area (TPSA) is 77.4 Å². The Hall–Kier alpha value is -1.32. The first-order valence-corrected chi connectivity index (χ1v) is 5.43. The lowest BCUT2D eigenvalue weighted by Crippen LogP contribution is -2.33. The predicted molar refractivity (Wildman–Crippen MR) is 54.3 cm³/mol. The maximum absolute atomic E-state index is 12.1. The fourth-order valence-corrected chi connectivity index (χ4v) is 3.24. The molecule has 1 N–H and O–H groups in total. The summed E-state index contributed by atoms with van der Waals surface area (Å²) in [6, 6.07) is 0. The molecule has 0 aromatic carbocycles. The van der Waals surface area contributed by atoms with Crippen LogP contribution in [0.25, 0.3) is 0 Å². The molecule has 2 rings (SSSR count). The van der Waals surface area contributed by atoms with Crippen LogP contribution in [0.1, 0.15) is 33.6 Å². The molecule has 0 heterocycles. The van der Waals surface area contributed by atoms with E-state index in [2.05, 4.69) is 0 Å². The number of hydrogen-bond donors (Lipinski definition) is 1. The molecule has 0 aliphatic heterocycles. The highest BCUT2D eigenvalue weighted by Gasteiger charge is 2.64. The van der Waals surface area contributed by atoms with Crippen LogP contribution in [0.5, 0.6) is 0 Å². The fraction of sp³-hybridized carbons (Fsp3) is 0.667. The van der Waals surface area contributed by atoms with Crippen LogP contribution in [0.4, 0.5) is 0 Å². The number of carbonyl (C=O) groups excluding carboxylic acids is 1. The van der Waals surface area contributed by atoms with E-state index in [1.54, 1.807) is 0 Å². The molecule has 2 saturated carbocycles. The molecule has 2 bridgehead atoms. The van der Waals surface area contributed by atoms with Crippen molar-refractivity contribution >= 4 is 11.8 Å². The third-order valence-electron chi connectivity index (χ3n) is 4.76. The molecule has 2 aliphatic carbocycles. The highest BCUT2D eigenvalue weighted by Crippen LogP contribution is 2.65. The Balaban J connectivity index is 2.61. The van der Waals surface area contributed by atoms with Crippen LogP contribution in [0.2, 0.25) is 0 Å². The number of hydrogen-bond acceptors (Lipinski definition) is 3. The largest absolute Gasteiger partial charge is 0.867 e. The first kappa shape index (κ1) is 11.2. The van der Waals surface area contributed by atoms with E-state index in [1.165, 1.54) is 0 Å². The number of aliphatic carboxylic acids is 1. The molecule has 16 heavy (non-hydrogen) atoms. The summed E-state index contributed by atoms with van der Waals surface area (Å²) in [6.07, 6.45) is 1.49. The third kappa shape index (κ3) is 0.996. The second-order valence-electron chi connectivity index (χ2n) is 5.52. The average molecular weight is 223 g/mol. The summed E-state index contributed by atoms with van der Waals surface area (Å²) in [6.45, 7) is 5.74. The minimum atomic E-state index is -1.52. The summed E-state index contributed by atoms with van der Waals surface area (Å²) < 4.78 is 0. The van der Waals surface area contributed by atoms with Crippen molar-refractivity contribution in [1.82, 2.24) is 0 Å². The molecule has 0 aromatic heterocycles. The molecular weight excluding hydrogens is 208 g/mol. The number of carboxylic acids is 1. The number of allylic oxidation sites excluding steroid dienone is 1. The van der Waals surface area contributed by atoms with Gasteiger partial charge >= 0.3 is 5.97 Å². The van der Waals surface area contributed by atoms with Crippen LogP contribution in [0, 0.1) is 16.7 Å². The average Bonchev–Trinajstić information content (AvgIpc) is 2.48. The zero-order valence-electron chi connectivity index (χ0n) is 9.66. The van der Waals surface area contributed by atoms with Gasteiger partial charge in [-0.2, -0.15) is 0 Å². The van der Waals surface area contributed by atoms with E-state index in [0.29, 0.717) is 0 Å². The number of Topliss-reactive ketones (excluding diaryl/α,β-unsaturated/α-hetero) is 1. The lowest BCUT2D eigenvalue weighted by molar-refractivity contribution is -0.304. The molecule has 88 valence electrons. The van der Waals surface area contributed by atoms with Crippen molar-refractivity contribution in [3.05, 3.63) is 11.3 Å². The SMILES string of the molecule is CC1(C)[C@@H]2CC[C@]1(C)C(=O)/C2=C(\[O-])C(=O)O. The number of ketones is 1. The van der Waals surface area contributed by atoms with Gasteiger partial charge in [0.2, 0.25) is 0 Å². The van der Waals surface area contributed by atoms with Gasteiger partial charge in [-0.1, -0.05) is 20.8 Å². The lowest BCUT2D eigenvalue weighted by Gasteiger charge is -2.31. The molecule has 4 nitrogen and oxygen atoms in total. The summed E-state index contributed by atoms with van der Waals surface area (Å²) in [5.74, 6) is -2.96. The highest BCUT2D eigenvalue weighted by molar-refractivity contribution is 6.08. The zero-order chi connectivity index (χ0) is 12.3. The minimum absolute atomic E-state index is 0.0197. The lowest BCUT2D eigenvalue weighted by atomic mass is 9.70. The second-order valence-corrected chi connectivity index (χ2v) is 5.52. The van der Waals surface area contributed by atoms with Crippen LogP contribution in [0.15, 0.2) is 11.3 Å². The van der Waals surface area contributed by atoms with Crippen molar-refractivity contribution < 1.29 is 19.8 Å². The Morgan fingerprint density at radius 3 is 2.38 bits per heavy atom. The van der Waals surface area contributed by atoms with Gasteiger partial charge in [-0.3, -0.25) is 4.79 Å². The monoisotopic (exact) mass is 223 g/mol.